The number of hydrogen-bond donors (Lipinski definition) is 0. The molecule has 0 amide bonds. The highest BCUT2D eigenvalue weighted by atomic mass is 35.5. The van der Waals surface area contributed by atoms with Gasteiger partial charge in [-0.2, -0.15) is 0 Å². The third-order valence-electron chi connectivity index (χ3n) is 1.76. The SMILES string of the molecule is CSc1nc2cc(CCl)ccc2o1. The van der Waals surface area contributed by atoms with Crippen molar-refractivity contribution in [3.63, 3.8) is 0 Å². The van der Waals surface area contributed by atoms with Gasteiger partial charge in [-0.15, -0.1) is 11.6 Å². The van der Waals surface area contributed by atoms with E-state index in [-0.39, 0.29) is 0 Å². The summed E-state index contributed by atoms with van der Waals surface area (Å²) in [6, 6.07) is 5.80. The van der Waals surface area contributed by atoms with E-state index >= 15 is 0 Å². The summed E-state index contributed by atoms with van der Waals surface area (Å²) in [6.45, 7) is 0. The van der Waals surface area contributed by atoms with Crippen molar-refractivity contribution in [2.24, 2.45) is 0 Å². The number of alkyl halides is 1. The Morgan fingerprint density at radius 3 is 3.08 bits per heavy atom. The van der Waals surface area contributed by atoms with Gasteiger partial charge in [0.25, 0.3) is 5.22 Å². The summed E-state index contributed by atoms with van der Waals surface area (Å²) in [5, 5.41) is 0.696. The van der Waals surface area contributed by atoms with Crippen LogP contribution in [-0.2, 0) is 5.88 Å². The molecule has 0 unspecified atom stereocenters. The zero-order valence-electron chi connectivity index (χ0n) is 7.08. The second-order valence-corrected chi connectivity index (χ2v) is 3.64. The van der Waals surface area contributed by atoms with Crippen LogP contribution in [0.25, 0.3) is 11.1 Å². The molecular formula is C9H8ClNOS. The van der Waals surface area contributed by atoms with Crippen LogP contribution in [0.4, 0.5) is 0 Å². The quantitative estimate of drug-likeness (QED) is 0.566. The Labute approximate surface area is 85.3 Å². The lowest BCUT2D eigenvalue weighted by atomic mass is 10.2. The van der Waals surface area contributed by atoms with Gasteiger partial charge in [-0.1, -0.05) is 17.8 Å². The molecule has 0 saturated carbocycles. The van der Waals surface area contributed by atoms with Crippen molar-refractivity contribution in [3.8, 4) is 0 Å². The van der Waals surface area contributed by atoms with E-state index in [0.717, 1.165) is 16.7 Å². The number of oxazole rings is 1. The zero-order valence-corrected chi connectivity index (χ0v) is 8.65. The number of nitrogens with zero attached hydrogens (tertiary/aromatic N) is 1. The van der Waals surface area contributed by atoms with Crippen LogP contribution < -0.4 is 0 Å². The first-order valence-electron chi connectivity index (χ1n) is 3.83. The number of halogens is 1. The van der Waals surface area contributed by atoms with E-state index in [1.165, 1.54) is 11.8 Å². The predicted molar refractivity (Wildman–Crippen MR) is 55.3 cm³/mol. The van der Waals surface area contributed by atoms with Crippen LogP contribution in [0.2, 0.25) is 0 Å². The van der Waals surface area contributed by atoms with Gasteiger partial charge in [0.2, 0.25) is 0 Å². The first-order valence-corrected chi connectivity index (χ1v) is 5.59. The van der Waals surface area contributed by atoms with Crippen LogP contribution in [0, 0.1) is 0 Å². The molecule has 0 aliphatic heterocycles. The van der Waals surface area contributed by atoms with Gasteiger partial charge in [0, 0.05) is 5.88 Å². The van der Waals surface area contributed by atoms with Gasteiger partial charge in [-0.3, -0.25) is 0 Å². The van der Waals surface area contributed by atoms with E-state index < -0.39 is 0 Å². The Kier molecular flexibility index (Phi) is 2.47. The van der Waals surface area contributed by atoms with Gasteiger partial charge >= 0.3 is 0 Å². The number of fused-ring (bicyclic) bond motifs is 1. The van der Waals surface area contributed by atoms with Crippen molar-refractivity contribution in [1.82, 2.24) is 4.98 Å². The lowest BCUT2D eigenvalue weighted by molar-refractivity contribution is 0.490. The highest BCUT2D eigenvalue weighted by Gasteiger charge is 2.04. The summed E-state index contributed by atoms with van der Waals surface area (Å²) in [5.41, 5.74) is 2.76. The Morgan fingerprint density at radius 2 is 2.38 bits per heavy atom. The maximum Gasteiger partial charge on any atom is 0.256 e. The van der Waals surface area contributed by atoms with Gasteiger partial charge < -0.3 is 4.42 Å². The molecule has 0 aliphatic rings. The van der Waals surface area contributed by atoms with Crippen molar-refractivity contribution < 1.29 is 4.42 Å². The minimum atomic E-state index is 0.511. The highest BCUT2D eigenvalue weighted by Crippen LogP contribution is 2.22. The Hall–Kier alpha value is -0.670. The third kappa shape index (κ3) is 1.67. The standard InChI is InChI=1S/C9H8ClNOS/c1-13-9-11-7-4-6(5-10)2-3-8(7)12-9/h2-4H,5H2,1H3. The van der Waals surface area contributed by atoms with Crippen LogP contribution >= 0.6 is 23.4 Å². The van der Waals surface area contributed by atoms with Crippen molar-refractivity contribution in [3.05, 3.63) is 23.8 Å². The summed E-state index contributed by atoms with van der Waals surface area (Å²) in [4.78, 5) is 4.28. The average Bonchev–Trinajstić information content (AvgIpc) is 2.58. The first kappa shape index (κ1) is 8.91. The number of thioether (sulfide) groups is 1. The fourth-order valence-corrected chi connectivity index (χ4v) is 1.65. The van der Waals surface area contributed by atoms with Crippen molar-refractivity contribution in [2.75, 3.05) is 6.26 Å². The number of aromatic nitrogens is 1. The Bertz CT molecular complexity index is 424. The van der Waals surface area contributed by atoms with Gasteiger partial charge in [-0.25, -0.2) is 4.98 Å². The van der Waals surface area contributed by atoms with E-state index in [9.17, 15) is 0 Å². The van der Waals surface area contributed by atoms with E-state index in [1.807, 2.05) is 24.5 Å². The fourth-order valence-electron chi connectivity index (χ4n) is 1.12. The van der Waals surface area contributed by atoms with Crippen LogP contribution in [0.1, 0.15) is 5.56 Å². The number of hydrogen-bond acceptors (Lipinski definition) is 3. The topological polar surface area (TPSA) is 26.0 Å². The van der Waals surface area contributed by atoms with Gasteiger partial charge in [0.05, 0.1) is 0 Å². The predicted octanol–water partition coefficient (Wildman–Crippen LogP) is 3.29. The molecule has 13 heavy (non-hydrogen) atoms. The number of benzene rings is 1. The molecule has 2 nitrogen and oxygen atoms in total. The monoisotopic (exact) mass is 213 g/mol. The molecule has 1 aromatic heterocycles. The summed E-state index contributed by atoms with van der Waals surface area (Å²) < 4.78 is 5.43. The molecule has 68 valence electrons. The maximum absolute atomic E-state index is 5.70. The molecule has 0 atom stereocenters. The Morgan fingerprint density at radius 1 is 1.54 bits per heavy atom. The fraction of sp³-hybridized carbons (Fsp3) is 0.222. The highest BCUT2D eigenvalue weighted by molar-refractivity contribution is 7.98. The van der Waals surface area contributed by atoms with Gasteiger partial charge in [0.15, 0.2) is 5.58 Å². The van der Waals surface area contributed by atoms with Crippen LogP contribution in [0.3, 0.4) is 0 Å². The second-order valence-electron chi connectivity index (χ2n) is 2.62. The van der Waals surface area contributed by atoms with Crippen molar-refractivity contribution >= 4 is 34.5 Å². The number of rotatable bonds is 2. The van der Waals surface area contributed by atoms with Crippen LogP contribution in [0.15, 0.2) is 27.8 Å². The molecule has 0 fully saturated rings. The van der Waals surface area contributed by atoms with Crippen molar-refractivity contribution in [2.45, 2.75) is 11.1 Å². The average molecular weight is 214 g/mol. The van der Waals surface area contributed by atoms with Gasteiger partial charge in [0.1, 0.15) is 5.52 Å². The second kappa shape index (κ2) is 3.60. The largest absolute Gasteiger partial charge is 0.431 e. The molecule has 4 heteroatoms. The molecule has 2 aromatic rings. The summed E-state index contributed by atoms with van der Waals surface area (Å²) >= 11 is 7.20. The first-order chi connectivity index (χ1) is 6.33. The lowest BCUT2D eigenvalue weighted by Gasteiger charge is -1.91. The summed E-state index contributed by atoms with van der Waals surface area (Å²) in [5.74, 6) is 0.511. The molecule has 0 bridgehead atoms. The third-order valence-corrected chi connectivity index (χ3v) is 2.59. The minimum absolute atomic E-state index is 0.511. The normalized spacial score (nSPS) is 10.9. The molecular weight excluding hydrogens is 206 g/mol. The van der Waals surface area contributed by atoms with Gasteiger partial charge in [-0.05, 0) is 24.0 Å². The summed E-state index contributed by atoms with van der Waals surface area (Å²) in [6.07, 6.45) is 1.94. The van der Waals surface area contributed by atoms with E-state index in [1.54, 1.807) is 0 Å². The molecule has 0 radical (unpaired) electrons. The molecule has 0 N–H and O–H groups in total. The van der Waals surface area contributed by atoms with Crippen LogP contribution in [-0.4, -0.2) is 11.2 Å². The molecule has 2 rings (SSSR count). The molecule has 1 aromatic carbocycles. The van der Waals surface area contributed by atoms with E-state index in [4.69, 9.17) is 16.0 Å². The summed E-state index contributed by atoms with van der Waals surface area (Å²) in [7, 11) is 0. The molecule has 0 spiro atoms. The molecule has 0 saturated heterocycles. The van der Waals surface area contributed by atoms with Crippen LogP contribution in [0.5, 0.6) is 0 Å². The lowest BCUT2D eigenvalue weighted by Crippen LogP contribution is -1.76. The maximum atomic E-state index is 5.70. The van der Waals surface area contributed by atoms with Crippen molar-refractivity contribution in [1.29, 1.82) is 0 Å². The van der Waals surface area contributed by atoms with E-state index in [2.05, 4.69) is 4.98 Å². The zero-order chi connectivity index (χ0) is 9.26. The smallest absolute Gasteiger partial charge is 0.256 e. The minimum Gasteiger partial charge on any atom is -0.431 e. The Balaban J connectivity index is 2.57. The van der Waals surface area contributed by atoms with E-state index in [0.29, 0.717) is 11.1 Å². The molecule has 0 aliphatic carbocycles. The molecule has 1 heterocycles.